The third kappa shape index (κ3) is 2.97. The molecule has 4 heteroatoms. The lowest BCUT2D eigenvalue weighted by Crippen LogP contribution is -1.99. The van der Waals surface area contributed by atoms with Crippen molar-refractivity contribution in [1.29, 1.82) is 0 Å². The van der Waals surface area contributed by atoms with E-state index in [2.05, 4.69) is 9.99 Å². The fraction of sp³-hybridized carbons (Fsp3) is 0.200. The van der Waals surface area contributed by atoms with Crippen LogP contribution in [0.1, 0.15) is 16.8 Å². The highest BCUT2D eigenvalue weighted by atomic mass is 19.1. The van der Waals surface area contributed by atoms with Crippen LogP contribution in [0.3, 0.4) is 0 Å². The van der Waals surface area contributed by atoms with Gasteiger partial charge in [0.05, 0.1) is 6.21 Å². The van der Waals surface area contributed by atoms with Gasteiger partial charge in [-0.3, -0.25) is 4.79 Å². The van der Waals surface area contributed by atoms with Crippen molar-refractivity contribution in [3.8, 4) is 0 Å². The molecule has 1 rings (SSSR count). The van der Waals surface area contributed by atoms with E-state index < -0.39 is 0 Å². The summed E-state index contributed by atoms with van der Waals surface area (Å²) in [7, 11) is 1.40. The summed E-state index contributed by atoms with van der Waals surface area (Å²) in [5.74, 6) is -0.474. The van der Waals surface area contributed by atoms with E-state index in [1.807, 2.05) is 0 Å². The molecule has 0 bridgehead atoms. The zero-order chi connectivity index (χ0) is 10.4. The molecule has 0 fully saturated rings. The minimum Gasteiger partial charge on any atom is -0.399 e. The lowest BCUT2D eigenvalue weighted by molar-refractivity contribution is 0.1000. The van der Waals surface area contributed by atoms with Gasteiger partial charge in [0.2, 0.25) is 0 Å². The predicted molar refractivity (Wildman–Crippen MR) is 50.8 cm³/mol. The number of Topliss-reactive ketones (excluding diaryl/α,β-unsaturated/α-hetero) is 1. The molecule has 14 heavy (non-hydrogen) atoms. The van der Waals surface area contributed by atoms with Crippen LogP contribution in [0.2, 0.25) is 0 Å². The SMILES string of the molecule is CO/N=C/CC(=O)c1ccc(F)cc1. The summed E-state index contributed by atoms with van der Waals surface area (Å²) in [6, 6.07) is 5.39. The number of halogens is 1. The maximum Gasteiger partial charge on any atom is 0.168 e. The highest BCUT2D eigenvalue weighted by molar-refractivity contribution is 6.03. The zero-order valence-electron chi connectivity index (χ0n) is 7.74. The monoisotopic (exact) mass is 195 g/mol. The number of ketones is 1. The Bertz CT molecular complexity index is 332. The Morgan fingerprint density at radius 3 is 2.71 bits per heavy atom. The molecule has 0 aliphatic carbocycles. The molecule has 3 nitrogen and oxygen atoms in total. The van der Waals surface area contributed by atoms with E-state index in [0.717, 1.165) is 0 Å². The Kier molecular flexibility index (Phi) is 3.79. The molecule has 1 aromatic carbocycles. The van der Waals surface area contributed by atoms with E-state index in [9.17, 15) is 9.18 Å². The van der Waals surface area contributed by atoms with Crippen molar-refractivity contribution in [3.63, 3.8) is 0 Å². The number of hydrogen-bond acceptors (Lipinski definition) is 3. The zero-order valence-corrected chi connectivity index (χ0v) is 7.74. The number of hydrogen-bond donors (Lipinski definition) is 0. The van der Waals surface area contributed by atoms with Crippen LogP contribution in [0.4, 0.5) is 4.39 Å². The van der Waals surface area contributed by atoms with Crippen molar-refractivity contribution in [2.75, 3.05) is 7.11 Å². The van der Waals surface area contributed by atoms with Gasteiger partial charge in [0.15, 0.2) is 5.78 Å². The summed E-state index contributed by atoms with van der Waals surface area (Å²) in [5, 5.41) is 3.43. The van der Waals surface area contributed by atoms with E-state index in [1.165, 1.54) is 37.6 Å². The molecule has 0 aromatic heterocycles. The topological polar surface area (TPSA) is 38.7 Å². The fourth-order valence-corrected chi connectivity index (χ4v) is 0.948. The molecular weight excluding hydrogens is 185 g/mol. The van der Waals surface area contributed by atoms with Gasteiger partial charge in [-0.1, -0.05) is 5.16 Å². The highest BCUT2D eigenvalue weighted by Gasteiger charge is 2.03. The summed E-state index contributed by atoms with van der Waals surface area (Å²) in [6.45, 7) is 0. The first kappa shape index (κ1) is 10.4. The lowest BCUT2D eigenvalue weighted by Gasteiger charge is -1.96. The molecule has 0 aliphatic heterocycles. The van der Waals surface area contributed by atoms with Gasteiger partial charge in [0, 0.05) is 12.0 Å². The third-order valence-electron chi connectivity index (χ3n) is 1.62. The molecule has 0 N–H and O–H groups in total. The van der Waals surface area contributed by atoms with Crippen molar-refractivity contribution in [1.82, 2.24) is 0 Å². The standard InChI is InChI=1S/C10H10FNO2/c1-14-12-7-6-10(13)8-2-4-9(11)5-3-8/h2-5,7H,6H2,1H3/b12-7+. The van der Waals surface area contributed by atoms with E-state index in [0.29, 0.717) is 5.56 Å². The summed E-state index contributed by atoms with van der Waals surface area (Å²) in [4.78, 5) is 15.8. The second-order valence-corrected chi connectivity index (χ2v) is 2.60. The highest BCUT2D eigenvalue weighted by Crippen LogP contribution is 2.04. The summed E-state index contributed by atoms with van der Waals surface area (Å²) < 4.78 is 12.5. The van der Waals surface area contributed by atoms with Gasteiger partial charge in [-0.2, -0.15) is 0 Å². The fourth-order valence-electron chi connectivity index (χ4n) is 0.948. The number of carbonyl (C=O) groups excluding carboxylic acids is 1. The van der Waals surface area contributed by atoms with Gasteiger partial charge in [0.25, 0.3) is 0 Å². The molecule has 0 heterocycles. The van der Waals surface area contributed by atoms with Crippen LogP contribution >= 0.6 is 0 Å². The second kappa shape index (κ2) is 5.11. The smallest absolute Gasteiger partial charge is 0.168 e. The Morgan fingerprint density at radius 1 is 1.50 bits per heavy atom. The molecular formula is C10H10FNO2. The van der Waals surface area contributed by atoms with Crippen LogP contribution in [0, 0.1) is 5.82 Å². The van der Waals surface area contributed by atoms with Gasteiger partial charge in [0.1, 0.15) is 12.9 Å². The first-order valence-corrected chi connectivity index (χ1v) is 4.08. The van der Waals surface area contributed by atoms with Crippen LogP contribution < -0.4 is 0 Å². The first-order valence-electron chi connectivity index (χ1n) is 4.08. The Morgan fingerprint density at radius 2 is 2.14 bits per heavy atom. The lowest BCUT2D eigenvalue weighted by atomic mass is 10.1. The van der Waals surface area contributed by atoms with Crippen molar-refractivity contribution in [3.05, 3.63) is 35.6 Å². The van der Waals surface area contributed by atoms with Crippen molar-refractivity contribution >= 4 is 12.0 Å². The molecule has 1 aromatic rings. The molecule has 0 amide bonds. The normalized spacial score (nSPS) is 10.4. The maximum absolute atomic E-state index is 12.5. The summed E-state index contributed by atoms with van der Waals surface area (Å²) in [5.41, 5.74) is 0.467. The minimum atomic E-state index is -0.355. The third-order valence-corrected chi connectivity index (χ3v) is 1.62. The molecule has 0 aliphatic rings. The Hall–Kier alpha value is -1.71. The number of carbonyl (C=O) groups is 1. The average molecular weight is 195 g/mol. The van der Waals surface area contributed by atoms with Crippen LogP contribution in [0.25, 0.3) is 0 Å². The van der Waals surface area contributed by atoms with Crippen LogP contribution in [-0.2, 0) is 4.84 Å². The molecule has 0 spiro atoms. The average Bonchev–Trinajstić information content (AvgIpc) is 2.19. The van der Waals surface area contributed by atoms with Gasteiger partial charge in [-0.05, 0) is 24.3 Å². The number of oxime groups is 1. The number of rotatable bonds is 4. The first-order chi connectivity index (χ1) is 6.74. The van der Waals surface area contributed by atoms with Crippen LogP contribution in [-0.4, -0.2) is 19.1 Å². The van der Waals surface area contributed by atoms with Crippen LogP contribution in [0.15, 0.2) is 29.4 Å². The van der Waals surface area contributed by atoms with Gasteiger partial charge in [-0.15, -0.1) is 0 Å². The Balaban J connectivity index is 2.61. The number of benzene rings is 1. The molecule has 0 saturated carbocycles. The van der Waals surface area contributed by atoms with E-state index in [4.69, 9.17) is 0 Å². The van der Waals surface area contributed by atoms with Gasteiger partial charge in [-0.25, -0.2) is 4.39 Å². The predicted octanol–water partition coefficient (Wildman–Crippen LogP) is 2.03. The van der Waals surface area contributed by atoms with Crippen molar-refractivity contribution in [2.24, 2.45) is 5.16 Å². The van der Waals surface area contributed by atoms with Crippen molar-refractivity contribution < 1.29 is 14.0 Å². The minimum absolute atomic E-state index is 0.120. The number of nitrogens with zero attached hydrogens (tertiary/aromatic N) is 1. The second-order valence-electron chi connectivity index (χ2n) is 2.60. The van der Waals surface area contributed by atoms with Gasteiger partial charge >= 0.3 is 0 Å². The maximum atomic E-state index is 12.5. The van der Waals surface area contributed by atoms with E-state index in [1.54, 1.807) is 0 Å². The molecule has 0 radical (unpaired) electrons. The van der Waals surface area contributed by atoms with Gasteiger partial charge < -0.3 is 4.84 Å². The summed E-state index contributed by atoms with van der Waals surface area (Å²) >= 11 is 0. The molecule has 74 valence electrons. The largest absolute Gasteiger partial charge is 0.399 e. The molecule has 0 unspecified atom stereocenters. The quantitative estimate of drug-likeness (QED) is 0.419. The Labute approximate surface area is 81.2 Å². The molecule has 0 atom stereocenters. The van der Waals surface area contributed by atoms with E-state index in [-0.39, 0.29) is 18.0 Å². The van der Waals surface area contributed by atoms with Crippen molar-refractivity contribution in [2.45, 2.75) is 6.42 Å². The summed E-state index contributed by atoms with van der Waals surface area (Å²) in [6.07, 6.45) is 1.52. The van der Waals surface area contributed by atoms with E-state index >= 15 is 0 Å². The van der Waals surface area contributed by atoms with Crippen LogP contribution in [0.5, 0.6) is 0 Å². The molecule has 0 saturated heterocycles.